The fourth-order valence-corrected chi connectivity index (χ4v) is 5.87. The number of hydrogen-bond acceptors (Lipinski definition) is 9. The molecule has 9 nitrogen and oxygen atoms in total. The topological polar surface area (TPSA) is 109 Å². The Kier molecular flexibility index (Phi) is 4.57. The minimum absolute atomic E-state index is 0.0647. The van der Waals surface area contributed by atoms with E-state index in [-0.39, 0.29) is 29.3 Å². The molecule has 1 aliphatic carbocycles. The molecule has 4 heterocycles. The van der Waals surface area contributed by atoms with E-state index in [0.717, 1.165) is 25.7 Å². The lowest BCUT2D eigenvalue weighted by Crippen LogP contribution is -2.66. The number of nitrogens with one attached hydrogen (secondary N) is 1. The van der Waals surface area contributed by atoms with Gasteiger partial charge in [-0.3, -0.25) is 0 Å². The Bertz CT molecular complexity index is 1390. The van der Waals surface area contributed by atoms with Gasteiger partial charge in [0, 0.05) is 34.3 Å². The van der Waals surface area contributed by atoms with Crippen LogP contribution in [-0.2, 0) is 0 Å². The van der Waals surface area contributed by atoms with Crippen LogP contribution in [0, 0.1) is 0 Å². The lowest BCUT2D eigenvalue weighted by molar-refractivity contribution is 0.0828. The Morgan fingerprint density at radius 3 is 2.72 bits per heavy atom. The maximum atomic E-state index is 15.8. The van der Waals surface area contributed by atoms with Crippen molar-refractivity contribution in [2.75, 3.05) is 11.9 Å². The Balaban J connectivity index is 1.24. The van der Waals surface area contributed by atoms with Crippen LogP contribution in [0.15, 0.2) is 36.7 Å². The number of phenols is 1. The monoisotopic (exact) mass is 494 g/mol. The molecule has 2 aromatic heterocycles. The highest BCUT2D eigenvalue weighted by molar-refractivity contribution is 5.74. The number of aromatic nitrogens is 5. The number of rotatable bonds is 6. The van der Waals surface area contributed by atoms with Crippen LogP contribution >= 0.6 is 0 Å². The molecule has 10 heteroatoms. The number of ether oxygens (including phenoxy) is 1. The third-order valence-corrected chi connectivity index (χ3v) is 7.81. The molecule has 1 saturated carbocycles. The summed E-state index contributed by atoms with van der Waals surface area (Å²) in [6.07, 6.45) is 6.30. The van der Waals surface area contributed by atoms with Gasteiger partial charge >= 0.3 is 0 Å². The van der Waals surface area contributed by atoms with Gasteiger partial charge in [0.2, 0.25) is 11.8 Å². The number of phenolic OH excluding ortho intramolecular Hbond substituents is 1. The van der Waals surface area contributed by atoms with E-state index in [0.29, 0.717) is 34.8 Å². The first-order valence-corrected chi connectivity index (χ1v) is 12.2. The number of halogens is 1. The number of hydrogen-bond donors (Lipinski definition) is 2. The number of alkyl halides is 1. The molecule has 188 valence electrons. The van der Waals surface area contributed by atoms with Crippen LogP contribution < -0.4 is 15.0 Å². The maximum Gasteiger partial charge on any atom is 0.245 e. The maximum absolute atomic E-state index is 15.8. The van der Waals surface area contributed by atoms with Crippen molar-refractivity contribution in [1.29, 1.82) is 0 Å². The van der Waals surface area contributed by atoms with Crippen LogP contribution in [-0.4, -0.2) is 66.9 Å². The average Bonchev–Trinajstić information content (AvgIpc) is 3.67. The van der Waals surface area contributed by atoms with Gasteiger partial charge in [0.1, 0.15) is 17.6 Å². The van der Waals surface area contributed by atoms with Crippen molar-refractivity contribution in [1.82, 2.24) is 30.7 Å². The molecule has 2 N–H and O–H groups in total. The van der Waals surface area contributed by atoms with E-state index in [1.807, 2.05) is 11.8 Å². The van der Waals surface area contributed by atoms with Gasteiger partial charge in [0.15, 0.2) is 0 Å². The molecule has 0 unspecified atom stereocenters. The molecule has 1 aromatic carbocycles. The molecule has 0 spiro atoms. The van der Waals surface area contributed by atoms with Gasteiger partial charge in [0.25, 0.3) is 0 Å². The second kappa shape index (κ2) is 8.33. The average molecular weight is 495 g/mol. The van der Waals surface area contributed by atoms with Crippen LogP contribution in [0.4, 0.5) is 10.3 Å². The van der Waals surface area contributed by atoms with E-state index < -0.39 is 18.7 Å². The second-order valence-corrected chi connectivity index (χ2v) is 10.7. The summed E-state index contributed by atoms with van der Waals surface area (Å²) in [5, 5.41) is 30.5. The molecule has 3 aromatic rings. The van der Waals surface area contributed by atoms with E-state index in [9.17, 15) is 5.11 Å². The minimum atomic E-state index is -2.65. The van der Waals surface area contributed by atoms with E-state index in [1.165, 1.54) is 18.3 Å². The number of methoxy groups -OCH3 is 1. The summed E-state index contributed by atoms with van der Waals surface area (Å²) in [5.74, 6) is 0.190. The van der Waals surface area contributed by atoms with Gasteiger partial charge in [-0.05, 0) is 63.6 Å². The summed E-state index contributed by atoms with van der Waals surface area (Å²) in [7, 11) is -2.65. The fourth-order valence-electron chi connectivity index (χ4n) is 5.87. The van der Waals surface area contributed by atoms with Crippen molar-refractivity contribution in [3.63, 3.8) is 0 Å². The molecule has 0 radical (unpaired) electrons. The van der Waals surface area contributed by atoms with Crippen LogP contribution in [0.25, 0.3) is 22.4 Å². The molecule has 6 rings (SSSR count). The molecule has 3 aliphatic rings. The Morgan fingerprint density at radius 2 is 2.00 bits per heavy atom. The van der Waals surface area contributed by atoms with Crippen molar-refractivity contribution in [3.8, 4) is 34.0 Å². The van der Waals surface area contributed by atoms with Crippen molar-refractivity contribution in [2.24, 2.45) is 0 Å². The highest BCUT2D eigenvalue weighted by Crippen LogP contribution is 2.47. The van der Waals surface area contributed by atoms with Crippen molar-refractivity contribution in [2.45, 2.75) is 75.3 Å². The van der Waals surface area contributed by atoms with Crippen molar-refractivity contribution < 1.29 is 18.3 Å². The summed E-state index contributed by atoms with van der Waals surface area (Å²) in [6, 6.07) is 6.22. The Labute approximate surface area is 213 Å². The van der Waals surface area contributed by atoms with Gasteiger partial charge < -0.3 is 20.1 Å². The predicted molar refractivity (Wildman–Crippen MR) is 132 cm³/mol. The smallest absolute Gasteiger partial charge is 0.245 e. The molecule has 2 saturated heterocycles. The first-order valence-electron chi connectivity index (χ1n) is 13.7. The van der Waals surface area contributed by atoms with Crippen molar-refractivity contribution in [3.05, 3.63) is 36.7 Å². The standard InChI is InChI=1S/C26H30FN7O2/c1-25-8-9-26(2,33-25)23(27)20(12-25)34(17-5-6-17)24-28-14-19(30-32-24)18-7-4-15(10-21(18)35)16-11-22(36-3)31-29-13-16/h4,7,10-11,13-14,17,20,23,33,35H,5-6,8-9,12H2,1-3H3/t20-,23-,25-,26+/m1/s1/i3D3. The SMILES string of the molecule is [2H]C([2H])([2H])Oc1cc(-c2ccc(-c3cnc(N(C4CC4)[C@@H]4C[C@@]5(C)CC[C@](C)(N5)[C@@H]4F)nn3)c(O)c2)cnn1. The molecule has 36 heavy (non-hydrogen) atoms. The quantitative estimate of drug-likeness (QED) is 0.530. The first kappa shape index (κ1) is 19.7. The van der Waals surface area contributed by atoms with E-state index in [1.54, 1.807) is 18.3 Å². The number of fused-ring (bicyclic) bond motifs is 2. The fraction of sp³-hybridized carbons (Fsp3) is 0.500. The zero-order valence-corrected chi connectivity index (χ0v) is 20.1. The summed E-state index contributed by atoms with van der Waals surface area (Å²) >= 11 is 0. The third kappa shape index (κ3) is 3.93. The zero-order valence-electron chi connectivity index (χ0n) is 23.1. The molecule has 4 atom stereocenters. The van der Waals surface area contributed by atoms with Gasteiger partial charge in [-0.2, -0.15) is 5.10 Å². The number of piperidine rings is 1. The number of aromatic hydroxyl groups is 1. The lowest BCUT2D eigenvalue weighted by Gasteiger charge is -2.48. The summed E-state index contributed by atoms with van der Waals surface area (Å²) < 4.78 is 42.4. The molecule has 0 amide bonds. The highest BCUT2D eigenvalue weighted by atomic mass is 19.1. The van der Waals surface area contributed by atoms with Crippen LogP contribution in [0.1, 0.15) is 50.1 Å². The molecular formula is C26H30FN7O2. The number of anilines is 1. The second-order valence-electron chi connectivity index (χ2n) is 10.7. The molecule has 3 fully saturated rings. The number of nitrogens with zero attached hydrogens (tertiary/aromatic N) is 6. The minimum Gasteiger partial charge on any atom is -0.507 e. The molecule has 2 aliphatic heterocycles. The predicted octanol–water partition coefficient (Wildman–Crippen LogP) is 3.69. The first-order chi connectivity index (χ1) is 18.4. The summed E-state index contributed by atoms with van der Waals surface area (Å²) in [4.78, 5) is 6.61. The number of benzene rings is 1. The molecule has 2 bridgehead atoms. The largest absolute Gasteiger partial charge is 0.507 e. The Hall–Kier alpha value is -3.40. The van der Waals surface area contributed by atoms with E-state index in [4.69, 9.17) is 8.85 Å². The summed E-state index contributed by atoms with van der Waals surface area (Å²) in [6.45, 7) is 4.14. The van der Waals surface area contributed by atoms with E-state index in [2.05, 4.69) is 37.6 Å². The Morgan fingerprint density at radius 1 is 1.14 bits per heavy atom. The van der Waals surface area contributed by atoms with Crippen LogP contribution in [0.2, 0.25) is 0 Å². The van der Waals surface area contributed by atoms with Crippen molar-refractivity contribution >= 4 is 5.95 Å². The van der Waals surface area contributed by atoms with Gasteiger partial charge in [-0.15, -0.1) is 15.3 Å². The van der Waals surface area contributed by atoms with Gasteiger partial charge in [-0.1, -0.05) is 6.07 Å². The highest BCUT2D eigenvalue weighted by Gasteiger charge is 2.58. The third-order valence-electron chi connectivity index (χ3n) is 7.81. The summed E-state index contributed by atoms with van der Waals surface area (Å²) in [5.41, 5.74) is 1.22. The zero-order chi connectivity index (χ0) is 27.6. The van der Waals surface area contributed by atoms with Gasteiger partial charge in [-0.25, -0.2) is 9.37 Å². The van der Waals surface area contributed by atoms with Crippen LogP contribution in [0.5, 0.6) is 11.6 Å². The molecular weight excluding hydrogens is 461 g/mol. The lowest BCUT2D eigenvalue weighted by atomic mass is 9.82. The van der Waals surface area contributed by atoms with Crippen LogP contribution in [0.3, 0.4) is 0 Å². The normalized spacial score (nSPS) is 30.8. The van der Waals surface area contributed by atoms with Gasteiger partial charge in [0.05, 0.1) is 29.6 Å². The van der Waals surface area contributed by atoms with E-state index >= 15 is 4.39 Å².